The van der Waals surface area contributed by atoms with Crippen molar-refractivity contribution >= 4 is 17.1 Å². The highest BCUT2D eigenvalue weighted by Gasteiger charge is 2.25. The van der Waals surface area contributed by atoms with Crippen LogP contribution in [0.3, 0.4) is 0 Å². The van der Waals surface area contributed by atoms with Crippen LogP contribution in [0.1, 0.15) is 20.3 Å². The number of hydrogen-bond acceptors (Lipinski definition) is 4. The smallest absolute Gasteiger partial charge is 0.292 e. The van der Waals surface area contributed by atoms with E-state index in [9.17, 15) is 10.1 Å². The summed E-state index contributed by atoms with van der Waals surface area (Å²) in [4.78, 5) is 12.5. The minimum Gasteiger partial charge on any atom is -0.393 e. The van der Waals surface area contributed by atoms with Crippen molar-refractivity contribution < 1.29 is 4.92 Å². The lowest BCUT2D eigenvalue weighted by molar-refractivity contribution is -0.383. The number of anilines is 2. The number of benzene rings is 1. The fourth-order valence-electron chi connectivity index (χ4n) is 2.47. The summed E-state index contributed by atoms with van der Waals surface area (Å²) in [5.41, 5.74) is 6.93. The molecule has 1 heterocycles. The van der Waals surface area contributed by atoms with Crippen molar-refractivity contribution in [3.63, 3.8) is 0 Å². The fraction of sp³-hybridized carbons (Fsp3) is 0.538. The van der Waals surface area contributed by atoms with Gasteiger partial charge in [0.05, 0.1) is 4.92 Å². The summed E-state index contributed by atoms with van der Waals surface area (Å²) in [6.45, 7) is 6.48. The predicted octanol–water partition coefficient (Wildman–Crippen LogP) is 2.66. The highest BCUT2D eigenvalue weighted by molar-refractivity contribution is 5.66. The lowest BCUT2D eigenvalue weighted by Gasteiger charge is -2.20. The Kier molecular flexibility index (Phi) is 3.41. The molecule has 18 heavy (non-hydrogen) atoms. The van der Waals surface area contributed by atoms with Crippen molar-refractivity contribution in [3.05, 3.63) is 28.3 Å². The molecule has 0 radical (unpaired) electrons. The van der Waals surface area contributed by atoms with Crippen LogP contribution in [0.25, 0.3) is 0 Å². The first-order valence-electron chi connectivity index (χ1n) is 6.28. The molecule has 5 nitrogen and oxygen atoms in total. The van der Waals surface area contributed by atoms with E-state index in [0.29, 0.717) is 11.8 Å². The Morgan fingerprint density at radius 3 is 2.72 bits per heavy atom. The zero-order chi connectivity index (χ0) is 13.3. The van der Waals surface area contributed by atoms with Crippen LogP contribution in [0.4, 0.5) is 17.1 Å². The van der Waals surface area contributed by atoms with Crippen LogP contribution in [-0.4, -0.2) is 18.0 Å². The van der Waals surface area contributed by atoms with Gasteiger partial charge in [0.25, 0.3) is 5.69 Å². The molecule has 0 aliphatic carbocycles. The van der Waals surface area contributed by atoms with E-state index in [1.807, 2.05) is 0 Å². The second-order valence-corrected chi connectivity index (χ2v) is 5.24. The predicted molar refractivity (Wildman–Crippen MR) is 72.7 cm³/mol. The zero-order valence-electron chi connectivity index (χ0n) is 10.8. The minimum absolute atomic E-state index is 0.0154. The van der Waals surface area contributed by atoms with Crippen molar-refractivity contribution in [3.8, 4) is 0 Å². The summed E-state index contributed by atoms with van der Waals surface area (Å²) in [7, 11) is 0. The van der Waals surface area contributed by atoms with Gasteiger partial charge in [0.1, 0.15) is 5.69 Å². The lowest BCUT2D eigenvalue weighted by Crippen LogP contribution is -2.21. The van der Waals surface area contributed by atoms with Gasteiger partial charge >= 0.3 is 0 Å². The Morgan fingerprint density at radius 2 is 2.22 bits per heavy atom. The number of rotatable bonds is 3. The van der Waals surface area contributed by atoms with Crippen LogP contribution in [0.15, 0.2) is 18.2 Å². The molecule has 2 rings (SSSR count). The second kappa shape index (κ2) is 4.84. The molecule has 1 unspecified atom stereocenters. The van der Waals surface area contributed by atoms with Crippen LogP contribution < -0.4 is 10.6 Å². The third kappa shape index (κ3) is 2.39. The molecule has 0 amide bonds. The van der Waals surface area contributed by atoms with Gasteiger partial charge in [0.2, 0.25) is 0 Å². The van der Waals surface area contributed by atoms with Gasteiger partial charge in [-0.15, -0.1) is 0 Å². The van der Waals surface area contributed by atoms with Gasteiger partial charge in [-0.3, -0.25) is 10.1 Å². The minimum atomic E-state index is -0.444. The molecule has 0 saturated carbocycles. The van der Waals surface area contributed by atoms with Crippen molar-refractivity contribution in [2.24, 2.45) is 11.8 Å². The molecule has 2 N–H and O–H groups in total. The molecule has 0 aromatic heterocycles. The Bertz CT molecular complexity index is 460. The van der Waals surface area contributed by atoms with E-state index < -0.39 is 4.92 Å². The largest absolute Gasteiger partial charge is 0.393 e. The van der Waals surface area contributed by atoms with E-state index in [0.717, 1.165) is 18.8 Å². The van der Waals surface area contributed by atoms with Gasteiger partial charge in [-0.2, -0.15) is 0 Å². The van der Waals surface area contributed by atoms with E-state index in [1.165, 1.54) is 12.5 Å². The second-order valence-electron chi connectivity index (χ2n) is 5.24. The number of nitrogens with two attached hydrogens (primary N) is 1. The van der Waals surface area contributed by atoms with E-state index in [2.05, 4.69) is 18.7 Å². The molecule has 0 spiro atoms. The van der Waals surface area contributed by atoms with Crippen molar-refractivity contribution in [1.29, 1.82) is 0 Å². The molecule has 98 valence electrons. The molecule has 1 fully saturated rings. The van der Waals surface area contributed by atoms with Crippen molar-refractivity contribution in [2.75, 3.05) is 23.7 Å². The Morgan fingerprint density at radius 1 is 1.50 bits per heavy atom. The Labute approximate surface area is 107 Å². The highest BCUT2D eigenvalue weighted by Crippen LogP contribution is 2.32. The van der Waals surface area contributed by atoms with Crippen LogP contribution >= 0.6 is 0 Å². The molecule has 1 aromatic carbocycles. The van der Waals surface area contributed by atoms with Crippen molar-refractivity contribution in [2.45, 2.75) is 20.3 Å². The first-order valence-corrected chi connectivity index (χ1v) is 6.28. The van der Waals surface area contributed by atoms with Crippen molar-refractivity contribution in [1.82, 2.24) is 0 Å². The standard InChI is InChI=1S/C13H19N3O2/c1-9(2)10-5-6-15(8-10)11-3-4-13(16(17)18)12(14)7-11/h3-4,7,9-10H,5-6,8,14H2,1-2H3. The van der Waals surface area contributed by atoms with Gasteiger partial charge < -0.3 is 10.6 Å². The molecule has 5 heteroatoms. The topological polar surface area (TPSA) is 72.4 Å². The molecule has 1 aliphatic rings. The molecule has 1 saturated heterocycles. The number of nitrogen functional groups attached to an aromatic ring is 1. The van der Waals surface area contributed by atoms with Gasteiger partial charge in [0.15, 0.2) is 0 Å². The summed E-state index contributed by atoms with van der Waals surface area (Å²) in [5.74, 6) is 1.37. The highest BCUT2D eigenvalue weighted by atomic mass is 16.6. The SMILES string of the molecule is CC(C)C1CCN(c2ccc([N+](=O)[O-])c(N)c2)C1. The van der Waals surface area contributed by atoms with E-state index in [4.69, 9.17) is 5.73 Å². The third-order valence-corrected chi connectivity index (χ3v) is 3.74. The van der Waals surface area contributed by atoms with E-state index in [-0.39, 0.29) is 11.4 Å². The molecular weight excluding hydrogens is 230 g/mol. The van der Waals surface area contributed by atoms with E-state index >= 15 is 0 Å². The van der Waals surface area contributed by atoms with Crippen LogP contribution in [0, 0.1) is 22.0 Å². The van der Waals surface area contributed by atoms with Gasteiger partial charge in [-0.05, 0) is 30.4 Å². The maximum atomic E-state index is 10.7. The normalized spacial score (nSPS) is 19.5. The van der Waals surface area contributed by atoms with Gasteiger partial charge in [0, 0.05) is 24.8 Å². The van der Waals surface area contributed by atoms with Crippen LogP contribution in [0.2, 0.25) is 0 Å². The molecule has 1 aliphatic heterocycles. The summed E-state index contributed by atoms with van der Waals surface area (Å²) in [6.07, 6.45) is 1.18. The average molecular weight is 249 g/mol. The van der Waals surface area contributed by atoms with Gasteiger partial charge in [-0.25, -0.2) is 0 Å². The number of hydrogen-bond donors (Lipinski definition) is 1. The molecule has 1 atom stereocenters. The van der Waals surface area contributed by atoms with Gasteiger partial charge in [-0.1, -0.05) is 13.8 Å². The first-order chi connectivity index (χ1) is 8.49. The molecular formula is C13H19N3O2. The molecule has 1 aromatic rings. The third-order valence-electron chi connectivity index (χ3n) is 3.74. The summed E-state index contributed by atoms with van der Waals surface area (Å²) in [6, 6.07) is 4.99. The fourth-order valence-corrected chi connectivity index (χ4v) is 2.47. The first kappa shape index (κ1) is 12.7. The lowest BCUT2D eigenvalue weighted by atomic mass is 9.95. The van der Waals surface area contributed by atoms with Crippen LogP contribution in [-0.2, 0) is 0 Å². The summed E-state index contributed by atoms with van der Waals surface area (Å²) < 4.78 is 0. The zero-order valence-corrected chi connectivity index (χ0v) is 10.8. The average Bonchev–Trinajstić information content (AvgIpc) is 2.77. The maximum Gasteiger partial charge on any atom is 0.292 e. The summed E-state index contributed by atoms with van der Waals surface area (Å²) >= 11 is 0. The number of nitrogens with zero attached hydrogens (tertiary/aromatic N) is 2. The van der Waals surface area contributed by atoms with E-state index in [1.54, 1.807) is 12.1 Å². The number of nitro groups is 1. The van der Waals surface area contributed by atoms with Crippen LogP contribution in [0.5, 0.6) is 0 Å². The Balaban J connectivity index is 2.16. The Hall–Kier alpha value is -1.78. The molecule has 0 bridgehead atoms. The quantitative estimate of drug-likeness (QED) is 0.508. The maximum absolute atomic E-state index is 10.7. The summed E-state index contributed by atoms with van der Waals surface area (Å²) in [5, 5.41) is 10.7. The number of nitro benzene ring substituents is 1. The monoisotopic (exact) mass is 249 g/mol.